The fourth-order valence-electron chi connectivity index (χ4n) is 3.72. The van der Waals surface area contributed by atoms with Crippen LogP contribution in [0.2, 0.25) is 0 Å². The Bertz CT molecular complexity index is 768. The third-order valence-electron chi connectivity index (χ3n) is 4.92. The number of carbonyl (C=O) groups is 1. The molecular formula is C20H30N4O2. The summed E-state index contributed by atoms with van der Waals surface area (Å²) in [7, 11) is 0. The standard InChI is InChI=1S/C20H30N4O2/c1-13(2)24-17-8-6-5-7-16(17)18(23-24)19(25)22-15-10-9-14(21-12-15)11-20(3,4)26/h5-8,13-15,21,26H,9-12H2,1-4H3,(H,22,25)/t14-,15-/m0/s1. The van der Waals surface area contributed by atoms with Crippen LogP contribution in [0.1, 0.15) is 63.5 Å². The lowest BCUT2D eigenvalue weighted by atomic mass is 9.91. The first-order valence-corrected chi connectivity index (χ1v) is 9.48. The van der Waals surface area contributed by atoms with E-state index >= 15 is 0 Å². The van der Waals surface area contributed by atoms with Gasteiger partial charge in [0.2, 0.25) is 0 Å². The van der Waals surface area contributed by atoms with Crippen LogP contribution in [-0.4, -0.2) is 45.0 Å². The number of amides is 1. The molecule has 1 fully saturated rings. The molecule has 0 aliphatic carbocycles. The van der Waals surface area contributed by atoms with Gasteiger partial charge < -0.3 is 15.7 Å². The van der Waals surface area contributed by atoms with Crippen LogP contribution < -0.4 is 10.6 Å². The summed E-state index contributed by atoms with van der Waals surface area (Å²) in [5.74, 6) is -0.117. The van der Waals surface area contributed by atoms with Crippen LogP contribution in [0.3, 0.4) is 0 Å². The van der Waals surface area contributed by atoms with Gasteiger partial charge in [-0.05, 0) is 53.0 Å². The van der Waals surface area contributed by atoms with E-state index in [1.807, 2.05) is 42.8 Å². The van der Waals surface area contributed by atoms with Crippen LogP contribution in [0, 0.1) is 0 Å². The molecule has 6 heteroatoms. The zero-order valence-electron chi connectivity index (χ0n) is 16.1. The lowest BCUT2D eigenvalue weighted by molar-refractivity contribution is 0.0536. The van der Waals surface area contributed by atoms with Crippen molar-refractivity contribution in [3.05, 3.63) is 30.0 Å². The number of carbonyl (C=O) groups excluding carboxylic acids is 1. The number of piperidine rings is 1. The molecular weight excluding hydrogens is 328 g/mol. The molecule has 0 bridgehead atoms. The van der Waals surface area contributed by atoms with Crippen LogP contribution in [-0.2, 0) is 0 Å². The summed E-state index contributed by atoms with van der Waals surface area (Å²) in [6, 6.07) is 8.44. The van der Waals surface area contributed by atoms with E-state index in [2.05, 4.69) is 29.6 Å². The van der Waals surface area contributed by atoms with Gasteiger partial charge in [-0.25, -0.2) is 0 Å². The van der Waals surface area contributed by atoms with E-state index < -0.39 is 5.60 Å². The average molecular weight is 358 g/mol. The third kappa shape index (κ3) is 4.24. The van der Waals surface area contributed by atoms with Crippen molar-refractivity contribution in [1.29, 1.82) is 0 Å². The Balaban J connectivity index is 1.67. The smallest absolute Gasteiger partial charge is 0.272 e. The number of rotatable bonds is 5. The Kier molecular flexibility index (Phi) is 5.34. The second-order valence-electron chi connectivity index (χ2n) is 8.27. The molecule has 2 heterocycles. The number of nitrogens with one attached hydrogen (secondary N) is 2. The summed E-state index contributed by atoms with van der Waals surface area (Å²) >= 11 is 0. The molecule has 1 amide bonds. The van der Waals surface area contributed by atoms with Gasteiger partial charge in [0.25, 0.3) is 5.91 Å². The van der Waals surface area contributed by atoms with Crippen LogP contribution in [0.15, 0.2) is 24.3 Å². The molecule has 6 nitrogen and oxygen atoms in total. The monoisotopic (exact) mass is 358 g/mol. The number of aromatic nitrogens is 2. The van der Waals surface area contributed by atoms with Crippen molar-refractivity contribution in [1.82, 2.24) is 20.4 Å². The van der Waals surface area contributed by atoms with E-state index in [1.165, 1.54) is 0 Å². The van der Waals surface area contributed by atoms with Crippen LogP contribution >= 0.6 is 0 Å². The zero-order valence-corrected chi connectivity index (χ0v) is 16.1. The molecule has 2 atom stereocenters. The maximum atomic E-state index is 12.8. The summed E-state index contributed by atoms with van der Waals surface area (Å²) in [5, 5.41) is 22.0. The Hall–Kier alpha value is -1.92. The van der Waals surface area contributed by atoms with Crippen molar-refractivity contribution in [3.63, 3.8) is 0 Å². The maximum absolute atomic E-state index is 12.8. The topological polar surface area (TPSA) is 79.2 Å². The minimum absolute atomic E-state index is 0.0866. The molecule has 0 unspecified atom stereocenters. The summed E-state index contributed by atoms with van der Waals surface area (Å²) in [5.41, 5.74) is 0.809. The van der Waals surface area contributed by atoms with E-state index in [4.69, 9.17) is 0 Å². The fourth-order valence-corrected chi connectivity index (χ4v) is 3.72. The Labute approximate surface area is 155 Å². The molecule has 1 aromatic heterocycles. The van der Waals surface area contributed by atoms with Crippen LogP contribution in [0.4, 0.5) is 0 Å². The van der Waals surface area contributed by atoms with Gasteiger partial charge in [-0.3, -0.25) is 9.48 Å². The first kappa shape index (κ1) is 18.9. The van der Waals surface area contributed by atoms with E-state index in [0.29, 0.717) is 11.7 Å². The van der Waals surface area contributed by atoms with Crippen molar-refractivity contribution >= 4 is 16.8 Å². The van der Waals surface area contributed by atoms with Crippen molar-refractivity contribution in [3.8, 4) is 0 Å². The van der Waals surface area contributed by atoms with Crippen LogP contribution in [0.25, 0.3) is 10.9 Å². The molecule has 3 rings (SSSR count). The van der Waals surface area contributed by atoms with Gasteiger partial charge in [-0.1, -0.05) is 18.2 Å². The second kappa shape index (κ2) is 7.37. The molecule has 1 aromatic carbocycles. The predicted octanol–water partition coefficient (Wildman–Crippen LogP) is 2.63. The maximum Gasteiger partial charge on any atom is 0.272 e. The Morgan fingerprint density at radius 3 is 2.73 bits per heavy atom. The van der Waals surface area contributed by atoms with Gasteiger partial charge in [0.1, 0.15) is 0 Å². The quantitative estimate of drug-likeness (QED) is 0.768. The molecule has 1 aliphatic heterocycles. The molecule has 3 N–H and O–H groups in total. The van der Waals surface area contributed by atoms with Crippen molar-refractivity contribution < 1.29 is 9.90 Å². The normalized spacial score (nSPS) is 21.3. The number of aliphatic hydroxyl groups is 1. The first-order valence-electron chi connectivity index (χ1n) is 9.48. The van der Waals surface area contributed by atoms with E-state index in [-0.39, 0.29) is 18.0 Å². The summed E-state index contributed by atoms with van der Waals surface area (Å²) in [6.07, 6.45) is 2.57. The lowest BCUT2D eigenvalue weighted by Crippen LogP contribution is -2.51. The minimum Gasteiger partial charge on any atom is -0.390 e. The van der Waals surface area contributed by atoms with Crippen LogP contribution in [0.5, 0.6) is 0 Å². The molecule has 2 aromatic rings. The van der Waals surface area contributed by atoms with Gasteiger partial charge in [-0.15, -0.1) is 0 Å². The largest absolute Gasteiger partial charge is 0.390 e. The third-order valence-corrected chi connectivity index (χ3v) is 4.92. The van der Waals surface area contributed by atoms with E-state index in [0.717, 1.165) is 36.7 Å². The van der Waals surface area contributed by atoms with Gasteiger partial charge in [0, 0.05) is 30.1 Å². The highest BCUT2D eigenvalue weighted by molar-refractivity contribution is 6.05. The highest BCUT2D eigenvalue weighted by Gasteiger charge is 2.27. The van der Waals surface area contributed by atoms with Crippen molar-refractivity contribution in [2.45, 2.75) is 70.7 Å². The molecule has 142 valence electrons. The Morgan fingerprint density at radius 1 is 1.38 bits per heavy atom. The van der Waals surface area contributed by atoms with Crippen molar-refractivity contribution in [2.75, 3.05) is 6.54 Å². The van der Waals surface area contributed by atoms with Gasteiger partial charge in [-0.2, -0.15) is 5.10 Å². The zero-order chi connectivity index (χ0) is 18.9. The van der Waals surface area contributed by atoms with E-state index in [1.54, 1.807) is 0 Å². The van der Waals surface area contributed by atoms with E-state index in [9.17, 15) is 9.90 Å². The number of benzene rings is 1. The number of para-hydroxylation sites is 1. The lowest BCUT2D eigenvalue weighted by Gasteiger charge is -2.33. The highest BCUT2D eigenvalue weighted by atomic mass is 16.3. The second-order valence-corrected chi connectivity index (χ2v) is 8.27. The highest BCUT2D eigenvalue weighted by Crippen LogP contribution is 2.22. The van der Waals surface area contributed by atoms with Gasteiger partial charge in [0.05, 0.1) is 11.1 Å². The average Bonchev–Trinajstić information content (AvgIpc) is 2.95. The summed E-state index contributed by atoms with van der Waals surface area (Å²) in [6.45, 7) is 8.51. The molecule has 1 saturated heterocycles. The number of hydrogen-bond acceptors (Lipinski definition) is 4. The number of nitrogens with zero attached hydrogens (tertiary/aromatic N) is 2. The first-order chi connectivity index (χ1) is 12.2. The van der Waals surface area contributed by atoms with Gasteiger partial charge >= 0.3 is 0 Å². The summed E-state index contributed by atoms with van der Waals surface area (Å²) < 4.78 is 1.91. The van der Waals surface area contributed by atoms with Gasteiger partial charge in [0.15, 0.2) is 5.69 Å². The molecule has 0 saturated carbocycles. The molecule has 26 heavy (non-hydrogen) atoms. The molecule has 0 spiro atoms. The summed E-state index contributed by atoms with van der Waals surface area (Å²) in [4.78, 5) is 12.8. The fraction of sp³-hybridized carbons (Fsp3) is 0.600. The predicted molar refractivity (Wildman–Crippen MR) is 103 cm³/mol. The number of hydrogen-bond donors (Lipinski definition) is 3. The molecule has 1 aliphatic rings. The Morgan fingerprint density at radius 2 is 2.12 bits per heavy atom. The number of fused-ring (bicyclic) bond motifs is 1. The minimum atomic E-state index is -0.670. The van der Waals surface area contributed by atoms with Crippen molar-refractivity contribution in [2.24, 2.45) is 0 Å². The molecule has 0 radical (unpaired) electrons. The SMILES string of the molecule is CC(C)n1nc(C(=O)N[C@H]2CC[C@@H](CC(C)(C)O)NC2)c2ccccc21.